The first-order valence-corrected chi connectivity index (χ1v) is 4.51. The Morgan fingerprint density at radius 1 is 1.71 bits per heavy atom. The van der Waals surface area contributed by atoms with Gasteiger partial charge in [0.1, 0.15) is 6.61 Å². The number of carboxylic acids is 1. The Kier molecular flexibility index (Phi) is 2.93. The second kappa shape index (κ2) is 3.82. The van der Waals surface area contributed by atoms with E-state index in [9.17, 15) is 4.79 Å². The molecule has 1 rings (SSSR count). The van der Waals surface area contributed by atoms with Crippen LogP contribution in [0.25, 0.3) is 0 Å². The Labute approximate surface area is 83.2 Å². The summed E-state index contributed by atoms with van der Waals surface area (Å²) in [6.45, 7) is 7.65. The number of carboxylic acid groups (broad SMARTS) is 1. The maximum atomic E-state index is 10.8. The molecule has 4 heteroatoms. The molecule has 0 aromatic carbocycles. The van der Waals surface area contributed by atoms with Crippen molar-refractivity contribution in [3.63, 3.8) is 0 Å². The maximum Gasteiger partial charge on any atom is 0.307 e. The molecule has 0 aromatic rings. The first-order valence-electron chi connectivity index (χ1n) is 4.51. The van der Waals surface area contributed by atoms with Gasteiger partial charge in [0.2, 0.25) is 0 Å². The van der Waals surface area contributed by atoms with E-state index in [0.717, 1.165) is 0 Å². The lowest BCUT2D eigenvalue weighted by Crippen LogP contribution is -2.03. The molecule has 1 N–H and O–H groups in total. The van der Waals surface area contributed by atoms with Gasteiger partial charge in [-0.05, 0) is 5.41 Å². The summed E-state index contributed by atoms with van der Waals surface area (Å²) in [5, 5.41) is 12.5. The van der Waals surface area contributed by atoms with Crippen LogP contribution >= 0.6 is 0 Å². The van der Waals surface area contributed by atoms with Crippen molar-refractivity contribution in [2.45, 2.75) is 13.8 Å². The van der Waals surface area contributed by atoms with Crippen molar-refractivity contribution >= 4 is 12.2 Å². The van der Waals surface area contributed by atoms with Crippen molar-refractivity contribution in [2.75, 3.05) is 6.61 Å². The van der Waals surface area contributed by atoms with Crippen molar-refractivity contribution in [3.05, 3.63) is 12.7 Å². The summed E-state index contributed by atoms with van der Waals surface area (Å²) >= 11 is 0. The van der Waals surface area contributed by atoms with Gasteiger partial charge in [0.15, 0.2) is 0 Å². The van der Waals surface area contributed by atoms with Crippen LogP contribution in [-0.2, 0) is 9.63 Å². The van der Waals surface area contributed by atoms with Gasteiger partial charge < -0.3 is 9.94 Å². The molecule has 1 aliphatic rings. The highest BCUT2D eigenvalue weighted by atomic mass is 16.6. The molecule has 0 amide bonds. The summed E-state index contributed by atoms with van der Waals surface area (Å²) in [4.78, 5) is 15.6. The Morgan fingerprint density at radius 2 is 2.36 bits per heavy atom. The van der Waals surface area contributed by atoms with Gasteiger partial charge in [0.25, 0.3) is 0 Å². The molecule has 1 aliphatic carbocycles. The fraction of sp³-hybridized carbons (Fsp3) is 0.600. The minimum Gasteiger partial charge on any atom is -0.481 e. The van der Waals surface area contributed by atoms with Gasteiger partial charge in [0, 0.05) is 12.1 Å². The molecule has 14 heavy (non-hydrogen) atoms. The smallest absolute Gasteiger partial charge is 0.307 e. The molecule has 0 spiro atoms. The molecule has 0 bridgehead atoms. The van der Waals surface area contributed by atoms with Crippen LogP contribution in [0.4, 0.5) is 0 Å². The number of oxime groups is 1. The van der Waals surface area contributed by atoms with E-state index in [4.69, 9.17) is 9.94 Å². The molecule has 78 valence electrons. The van der Waals surface area contributed by atoms with Crippen molar-refractivity contribution < 1.29 is 14.7 Å². The highest BCUT2D eigenvalue weighted by Crippen LogP contribution is 2.57. The summed E-state index contributed by atoms with van der Waals surface area (Å²) in [5.74, 6) is -1.13. The molecular formula is C10H15NO3. The number of rotatable bonds is 5. The molecule has 0 aliphatic heterocycles. The normalized spacial score (nSPS) is 28.7. The van der Waals surface area contributed by atoms with E-state index in [1.165, 1.54) is 0 Å². The van der Waals surface area contributed by atoms with Crippen molar-refractivity contribution in [1.29, 1.82) is 0 Å². The molecule has 0 saturated heterocycles. The largest absolute Gasteiger partial charge is 0.481 e. The SMILES string of the molecule is C=CCO/N=C/C1[C@@H](C(=O)O)C1(C)C. The number of nitrogens with zero attached hydrogens (tertiary/aromatic N) is 1. The van der Waals surface area contributed by atoms with Gasteiger partial charge in [-0.2, -0.15) is 0 Å². The second-order valence-electron chi connectivity index (χ2n) is 4.00. The topological polar surface area (TPSA) is 58.9 Å². The predicted octanol–water partition coefficient (Wildman–Crippen LogP) is 1.53. The number of hydrogen-bond acceptors (Lipinski definition) is 3. The minimum absolute atomic E-state index is 0.0233. The highest BCUT2D eigenvalue weighted by Gasteiger charge is 2.61. The van der Waals surface area contributed by atoms with Crippen LogP contribution in [0.1, 0.15) is 13.8 Å². The van der Waals surface area contributed by atoms with Crippen LogP contribution in [0.15, 0.2) is 17.8 Å². The predicted molar refractivity (Wildman–Crippen MR) is 53.0 cm³/mol. The van der Waals surface area contributed by atoms with Crippen LogP contribution in [0, 0.1) is 17.3 Å². The number of aliphatic carboxylic acids is 1. The molecule has 1 saturated carbocycles. The monoisotopic (exact) mass is 197 g/mol. The van der Waals surface area contributed by atoms with Crippen molar-refractivity contribution in [2.24, 2.45) is 22.4 Å². The summed E-state index contributed by atoms with van der Waals surface area (Å²) in [6, 6.07) is 0. The van der Waals surface area contributed by atoms with Crippen LogP contribution in [0.2, 0.25) is 0 Å². The van der Waals surface area contributed by atoms with Gasteiger partial charge in [-0.15, -0.1) is 0 Å². The lowest BCUT2D eigenvalue weighted by atomic mass is 10.1. The van der Waals surface area contributed by atoms with Crippen LogP contribution in [0.3, 0.4) is 0 Å². The van der Waals surface area contributed by atoms with Gasteiger partial charge >= 0.3 is 5.97 Å². The third-order valence-electron chi connectivity index (χ3n) is 2.67. The Hall–Kier alpha value is -1.32. The Bertz CT molecular complexity index is 271. The Morgan fingerprint density at radius 3 is 2.79 bits per heavy atom. The standard InChI is InChI=1S/C10H15NO3/c1-4-5-14-11-6-7-8(9(12)13)10(7,2)3/h4,6-8H,1,5H2,2-3H3,(H,12,13)/b11-6+/t7?,8-/m0/s1. The molecular weight excluding hydrogens is 182 g/mol. The number of carbonyl (C=O) groups is 1. The molecule has 4 nitrogen and oxygen atoms in total. The average Bonchev–Trinajstić information content (AvgIpc) is 2.62. The van der Waals surface area contributed by atoms with E-state index in [1.807, 2.05) is 13.8 Å². The third-order valence-corrected chi connectivity index (χ3v) is 2.67. The van der Waals surface area contributed by atoms with E-state index in [-0.39, 0.29) is 17.3 Å². The quantitative estimate of drug-likeness (QED) is 0.315. The number of hydrogen-bond donors (Lipinski definition) is 1. The summed E-state index contributed by atoms with van der Waals surface area (Å²) in [6.07, 6.45) is 3.16. The van der Waals surface area contributed by atoms with Gasteiger partial charge in [-0.3, -0.25) is 4.79 Å². The molecule has 1 unspecified atom stereocenters. The minimum atomic E-state index is -0.768. The lowest BCUT2D eigenvalue weighted by Gasteiger charge is -1.96. The molecule has 1 fully saturated rings. The van der Waals surface area contributed by atoms with E-state index in [2.05, 4.69) is 11.7 Å². The van der Waals surface area contributed by atoms with Crippen molar-refractivity contribution in [3.8, 4) is 0 Å². The van der Waals surface area contributed by atoms with E-state index in [1.54, 1.807) is 12.3 Å². The third kappa shape index (κ3) is 1.95. The molecule has 0 aromatic heterocycles. The average molecular weight is 197 g/mol. The van der Waals surface area contributed by atoms with E-state index < -0.39 is 5.97 Å². The molecule has 0 radical (unpaired) electrons. The van der Waals surface area contributed by atoms with Gasteiger partial charge in [-0.25, -0.2) is 0 Å². The van der Waals surface area contributed by atoms with Crippen LogP contribution in [-0.4, -0.2) is 23.9 Å². The maximum absolute atomic E-state index is 10.8. The first-order chi connectivity index (χ1) is 6.51. The summed E-state index contributed by atoms with van der Waals surface area (Å²) < 4.78 is 0. The first kappa shape index (κ1) is 10.8. The van der Waals surface area contributed by atoms with Gasteiger partial charge in [0.05, 0.1) is 5.92 Å². The fourth-order valence-electron chi connectivity index (χ4n) is 1.63. The van der Waals surface area contributed by atoms with Crippen LogP contribution in [0.5, 0.6) is 0 Å². The van der Waals surface area contributed by atoms with Crippen LogP contribution < -0.4 is 0 Å². The zero-order valence-electron chi connectivity index (χ0n) is 8.43. The summed E-state index contributed by atoms with van der Waals surface area (Å²) in [5.41, 5.74) is -0.202. The lowest BCUT2D eigenvalue weighted by molar-refractivity contribution is -0.139. The fourth-order valence-corrected chi connectivity index (χ4v) is 1.63. The molecule has 2 atom stereocenters. The van der Waals surface area contributed by atoms with E-state index >= 15 is 0 Å². The van der Waals surface area contributed by atoms with Gasteiger partial charge in [-0.1, -0.05) is 31.7 Å². The highest BCUT2D eigenvalue weighted by molar-refractivity contribution is 5.84. The second-order valence-corrected chi connectivity index (χ2v) is 4.00. The zero-order valence-corrected chi connectivity index (χ0v) is 8.43. The summed E-state index contributed by atoms with van der Waals surface area (Å²) in [7, 11) is 0. The zero-order chi connectivity index (χ0) is 10.8. The van der Waals surface area contributed by atoms with E-state index in [0.29, 0.717) is 6.61 Å². The molecule has 0 heterocycles. The Balaban J connectivity index is 2.44. The van der Waals surface area contributed by atoms with Crippen molar-refractivity contribution in [1.82, 2.24) is 0 Å².